The molecule has 0 aliphatic heterocycles. The average molecular weight is 414 g/mol. The van der Waals surface area contributed by atoms with E-state index in [9.17, 15) is 4.79 Å². The second-order valence-corrected chi connectivity index (χ2v) is 8.29. The van der Waals surface area contributed by atoms with Gasteiger partial charge in [0.05, 0.1) is 6.04 Å². The van der Waals surface area contributed by atoms with Crippen molar-refractivity contribution in [3.63, 3.8) is 0 Å². The van der Waals surface area contributed by atoms with E-state index in [0.717, 1.165) is 21.8 Å². The van der Waals surface area contributed by atoms with Gasteiger partial charge in [0, 0.05) is 34.1 Å². The number of carbonyl (C=O) groups excluding carboxylic acids is 1. The van der Waals surface area contributed by atoms with Crippen LogP contribution >= 0.6 is 11.3 Å². The Morgan fingerprint density at radius 2 is 1.53 bits per heavy atom. The lowest BCUT2D eigenvalue weighted by Crippen LogP contribution is -2.17. The van der Waals surface area contributed by atoms with Gasteiger partial charge in [-0.2, -0.15) is 0 Å². The molecule has 4 nitrogen and oxygen atoms in total. The molecular formula is C25H23N3OS. The van der Waals surface area contributed by atoms with E-state index in [2.05, 4.69) is 29.5 Å². The summed E-state index contributed by atoms with van der Waals surface area (Å²) in [6, 6.07) is 23.3. The Bertz CT molecular complexity index is 1130. The number of rotatable bonds is 6. The Morgan fingerprint density at radius 1 is 0.900 bits per heavy atom. The van der Waals surface area contributed by atoms with Crippen molar-refractivity contribution in [2.75, 3.05) is 10.6 Å². The van der Waals surface area contributed by atoms with E-state index in [-0.39, 0.29) is 11.9 Å². The minimum atomic E-state index is -0.119. The molecular weight excluding hydrogens is 390 g/mol. The minimum Gasteiger partial charge on any atom is -0.374 e. The molecule has 4 aromatic rings. The Labute approximate surface area is 180 Å². The summed E-state index contributed by atoms with van der Waals surface area (Å²) >= 11 is 1.61. The van der Waals surface area contributed by atoms with Gasteiger partial charge in [-0.1, -0.05) is 36.4 Å². The molecule has 2 aromatic carbocycles. The SMILES string of the molecule is Cc1sc(NC(=O)c2ccccc2)c([C@@H](Nc2ccccc2)c2ccncc2)c1C. The molecule has 4 rings (SSSR count). The van der Waals surface area contributed by atoms with Gasteiger partial charge in [-0.15, -0.1) is 11.3 Å². The molecule has 2 heterocycles. The number of para-hydroxylation sites is 1. The number of amides is 1. The molecule has 30 heavy (non-hydrogen) atoms. The summed E-state index contributed by atoms with van der Waals surface area (Å²) in [5.41, 5.74) is 5.00. The Kier molecular flexibility index (Phi) is 5.91. The first kappa shape index (κ1) is 19.9. The third-order valence-corrected chi connectivity index (χ3v) is 6.25. The molecule has 0 bridgehead atoms. The molecule has 0 aliphatic rings. The number of nitrogens with zero attached hydrogens (tertiary/aromatic N) is 1. The van der Waals surface area contributed by atoms with Crippen LogP contribution < -0.4 is 10.6 Å². The smallest absolute Gasteiger partial charge is 0.256 e. The fourth-order valence-corrected chi connectivity index (χ4v) is 4.52. The first-order chi connectivity index (χ1) is 14.6. The number of nitrogens with one attached hydrogen (secondary N) is 2. The highest BCUT2D eigenvalue weighted by Crippen LogP contribution is 2.41. The summed E-state index contributed by atoms with van der Waals surface area (Å²) in [7, 11) is 0. The highest BCUT2D eigenvalue weighted by Gasteiger charge is 2.24. The molecule has 0 radical (unpaired) electrons. The Balaban J connectivity index is 1.76. The van der Waals surface area contributed by atoms with Gasteiger partial charge in [0.1, 0.15) is 5.00 Å². The molecule has 0 saturated heterocycles. The molecule has 0 aliphatic carbocycles. The summed E-state index contributed by atoms with van der Waals surface area (Å²) in [6.45, 7) is 4.20. The van der Waals surface area contributed by atoms with E-state index >= 15 is 0 Å². The van der Waals surface area contributed by atoms with E-state index in [4.69, 9.17) is 0 Å². The maximum absolute atomic E-state index is 12.9. The van der Waals surface area contributed by atoms with E-state index in [1.165, 1.54) is 10.4 Å². The third kappa shape index (κ3) is 4.26. The van der Waals surface area contributed by atoms with Crippen molar-refractivity contribution < 1.29 is 4.79 Å². The number of pyridine rings is 1. The monoisotopic (exact) mass is 413 g/mol. The van der Waals surface area contributed by atoms with E-state index < -0.39 is 0 Å². The lowest BCUT2D eigenvalue weighted by molar-refractivity contribution is 0.102. The molecule has 2 aromatic heterocycles. The largest absolute Gasteiger partial charge is 0.374 e. The van der Waals surface area contributed by atoms with Gasteiger partial charge in [0.25, 0.3) is 5.91 Å². The number of hydrogen-bond donors (Lipinski definition) is 2. The zero-order valence-electron chi connectivity index (χ0n) is 16.9. The fraction of sp³-hybridized carbons (Fsp3) is 0.120. The maximum Gasteiger partial charge on any atom is 0.256 e. The van der Waals surface area contributed by atoms with Gasteiger partial charge in [0.2, 0.25) is 0 Å². The summed E-state index contributed by atoms with van der Waals surface area (Å²) in [5.74, 6) is -0.105. The number of thiophene rings is 1. The van der Waals surface area contributed by atoms with Gasteiger partial charge in [-0.3, -0.25) is 9.78 Å². The fourth-order valence-electron chi connectivity index (χ4n) is 3.43. The zero-order chi connectivity index (χ0) is 20.9. The number of aryl methyl sites for hydroxylation is 1. The van der Waals surface area contributed by atoms with Crippen LogP contribution in [-0.2, 0) is 0 Å². The van der Waals surface area contributed by atoms with Gasteiger partial charge < -0.3 is 10.6 Å². The van der Waals surface area contributed by atoms with Crippen molar-refractivity contribution in [3.05, 3.63) is 112 Å². The van der Waals surface area contributed by atoms with Crippen molar-refractivity contribution in [2.45, 2.75) is 19.9 Å². The van der Waals surface area contributed by atoms with Crippen LogP contribution in [0.25, 0.3) is 0 Å². The predicted molar refractivity (Wildman–Crippen MR) is 124 cm³/mol. The van der Waals surface area contributed by atoms with E-state index in [1.807, 2.05) is 72.8 Å². The Morgan fingerprint density at radius 3 is 2.20 bits per heavy atom. The van der Waals surface area contributed by atoms with Gasteiger partial charge in [0.15, 0.2) is 0 Å². The summed E-state index contributed by atoms with van der Waals surface area (Å²) in [5, 5.41) is 7.66. The van der Waals surface area contributed by atoms with E-state index in [1.54, 1.807) is 23.7 Å². The lowest BCUT2D eigenvalue weighted by atomic mass is 9.96. The van der Waals surface area contributed by atoms with Crippen LogP contribution in [0.4, 0.5) is 10.7 Å². The number of aromatic nitrogens is 1. The highest BCUT2D eigenvalue weighted by atomic mass is 32.1. The number of hydrogen-bond acceptors (Lipinski definition) is 4. The van der Waals surface area contributed by atoms with Crippen LogP contribution in [0.5, 0.6) is 0 Å². The molecule has 150 valence electrons. The van der Waals surface area contributed by atoms with Crippen molar-refractivity contribution in [1.29, 1.82) is 0 Å². The molecule has 1 amide bonds. The molecule has 5 heteroatoms. The summed E-state index contributed by atoms with van der Waals surface area (Å²) < 4.78 is 0. The van der Waals surface area contributed by atoms with Crippen LogP contribution in [0, 0.1) is 13.8 Å². The van der Waals surface area contributed by atoms with Crippen LogP contribution in [0.15, 0.2) is 85.2 Å². The second-order valence-electron chi connectivity index (χ2n) is 7.07. The van der Waals surface area contributed by atoms with Gasteiger partial charge in [-0.05, 0) is 61.4 Å². The molecule has 0 unspecified atom stereocenters. The average Bonchev–Trinajstić information content (AvgIpc) is 3.07. The minimum absolute atomic E-state index is 0.105. The standard InChI is InChI=1S/C25H23N3OS/c1-17-18(2)30-25(28-24(29)20-9-5-3-6-10-20)22(17)23(19-13-15-26-16-14-19)27-21-11-7-4-8-12-21/h3-16,23,27H,1-2H3,(H,28,29)/t23-/m0/s1. The Hall–Kier alpha value is -3.44. The van der Waals surface area contributed by atoms with Crippen LogP contribution in [0.3, 0.4) is 0 Å². The zero-order valence-corrected chi connectivity index (χ0v) is 17.7. The third-order valence-electron chi connectivity index (χ3n) is 5.11. The topological polar surface area (TPSA) is 54.0 Å². The van der Waals surface area contributed by atoms with Gasteiger partial charge in [-0.25, -0.2) is 0 Å². The van der Waals surface area contributed by atoms with E-state index in [0.29, 0.717) is 5.56 Å². The number of anilines is 2. The first-order valence-corrected chi connectivity index (χ1v) is 10.6. The quantitative estimate of drug-likeness (QED) is 0.395. The van der Waals surface area contributed by atoms with Crippen molar-refractivity contribution in [3.8, 4) is 0 Å². The van der Waals surface area contributed by atoms with Crippen LogP contribution in [-0.4, -0.2) is 10.9 Å². The molecule has 0 spiro atoms. The molecule has 0 saturated carbocycles. The first-order valence-electron chi connectivity index (χ1n) is 9.81. The van der Waals surface area contributed by atoms with Gasteiger partial charge >= 0.3 is 0 Å². The number of carbonyl (C=O) groups is 1. The summed E-state index contributed by atoms with van der Waals surface area (Å²) in [6.07, 6.45) is 3.59. The van der Waals surface area contributed by atoms with Crippen molar-refractivity contribution in [1.82, 2.24) is 4.98 Å². The summed E-state index contributed by atoms with van der Waals surface area (Å²) in [4.78, 5) is 18.2. The normalized spacial score (nSPS) is 11.7. The highest BCUT2D eigenvalue weighted by molar-refractivity contribution is 7.16. The molecule has 1 atom stereocenters. The molecule has 0 fully saturated rings. The predicted octanol–water partition coefficient (Wildman–Crippen LogP) is 6.21. The van der Waals surface area contributed by atoms with Crippen molar-refractivity contribution >= 4 is 27.9 Å². The van der Waals surface area contributed by atoms with Crippen LogP contribution in [0.2, 0.25) is 0 Å². The molecule has 2 N–H and O–H groups in total. The second kappa shape index (κ2) is 8.93. The number of benzene rings is 2. The lowest BCUT2D eigenvalue weighted by Gasteiger charge is -2.23. The maximum atomic E-state index is 12.9. The van der Waals surface area contributed by atoms with Crippen molar-refractivity contribution in [2.24, 2.45) is 0 Å². The van der Waals surface area contributed by atoms with Crippen LogP contribution in [0.1, 0.15) is 38.0 Å².